The largest absolute Gasteiger partial charge is 0.309 e. The third kappa shape index (κ3) is 2.58. The average Bonchev–Trinajstić information content (AvgIpc) is 2.99. The Bertz CT molecular complexity index is 905. The Hall–Kier alpha value is -2.36. The van der Waals surface area contributed by atoms with E-state index in [-0.39, 0.29) is 11.6 Å². The van der Waals surface area contributed by atoms with Gasteiger partial charge in [0.15, 0.2) is 0 Å². The van der Waals surface area contributed by atoms with Crippen LogP contribution in [0.25, 0.3) is 21.9 Å². The van der Waals surface area contributed by atoms with Gasteiger partial charge in [0, 0.05) is 30.5 Å². The van der Waals surface area contributed by atoms with Crippen LogP contribution in [-0.2, 0) is 13.5 Å². The van der Waals surface area contributed by atoms with Crippen LogP contribution in [0.1, 0.15) is 38.9 Å². The van der Waals surface area contributed by atoms with Crippen molar-refractivity contribution >= 4 is 10.8 Å². The van der Waals surface area contributed by atoms with Crippen molar-refractivity contribution in [3.63, 3.8) is 0 Å². The van der Waals surface area contributed by atoms with Gasteiger partial charge in [-0.25, -0.2) is 0 Å². The molecule has 1 aromatic carbocycles. The van der Waals surface area contributed by atoms with E-state index < -0.39 is 0 Å². The SMILES string of the molecule is CCc1cc2cccc(-c3cnn(C)c3)c2c(=O)n1C(C)CC. The number of aromatic nitrogens is 3. The Morgan fingerprint density at radius 2 is 2.04 bits per heavy atom. The smallest absolute Gasteiger partial charge is 0.259 e. The number of fused-ring (bicyclic) bond motifs is 1. The Labute approximate surface area is 136 Å². The van der Waals surface area contributed by atoms with Crippen molar-refractivity contribution in [2.24, 2.45) is 7.05 Å². The number of hydrogen-bond donors (Lipinski definition) is 0. The Balaban J connectivity index is 2.39. The van der Waals surface area contributed by atoms with Crippen molar-refractivity contribution in [2.75, 3.05) is 0 Å². The summed E-state index contributed by atoms with van der Waals surface area (Å²) in [7, 11) is 1.89. The van der Waals surface area contributed by atoms with Crippen LogP contribution in [0.3, 0.4) is 0 Å². The first-order valence-corrected chi connectivity index (χ1v) is 8.23. The molecule has 0 aliphatic heterocycles. The molecule has 0 saturated heterocycles. The summed E-state index contributed by atoms with van der Waals surface area (Å²) in [6, 6.07) is 8.40. The molecule has 2 aromatic heterocycles. The number of hydrogen-bond acceptors (Lipinski definition) is 2. The molecular formula is C19H23N3O. The van der Waals surface area contributed by atoms with Gasteiger partial charge in [0.25, 0.3) is 5.56 Å². The maximum atomic E-state index is 13.2. The molecule has 0 fully saturated rings. The molecular weight excluding hydrogens is 286 g/mol. The van der Waals surface area contributed by atoms with Crippen LogP contribution in [-0.4, -0.2) is 14.3 Å². The number of rotatable bonds is 4. The molecule has 4 heteroatoms. The second-order valence-corrected chi connectivity index (χ2v) is 6.09. The summed E-state index contributed by atoms with van der Waals surface area (Å²) in [5.74, 6) is 0. The van der Waals surface area contributed by atoms with Crippen LogP contribution < -0.4 is 5.56 Å². The monoisotopic (exact) mass is 309 g/mol. The van der Waals surface area contributed by atoms with E-state index in [1.807, 2.05) is 42.2 Å². The Morgan fingerprint density at radius 3 is 2.65 bits per heavy atom. The topological polar surface area (TPSA) is 39.8 Å². The van der Waals surface area contributed by atoms with Gasteiger partial charge in [0.1, 0.15) is 0 Å². The molecule has 2 heterocycles. The lowest BCUT2D eigenvalue weighted by atomic mass is 10.00. The molecule has 3 rings (SSSR count). The molecule has 1 atom stereocenters. The van der Waals surface area contributed by atoms with Crippen LogP contribution in [0.15, 0.2) is 41.5 Å². The van der Waals surface area contributed by atoms with Gasteiger partial charge in [-0.15, -0.1) is 0 Å². The molecule has 4 nitrogen and oxygen atoms in total. The summed E-state index contributed by atoms with van der Waals surface area (Å²) in [5, 5.41) is 6.04. The molecule has 120 valence electrons. The summed E-state index contributed by atoms with van der Waals surface area (Å²) < 4.78 is 3.73. The Kier molecular flexibility index (Phi) is 4.07. The highest BCUT2D eigenvalue weighted by atomic mass is 16.1. The number of pyridine rings is 1. The van der Waals surface area contributed by atoms with E-state index in [1.54, 1.807) is 4.68 Å². The van der Waals surface area contributed by atoms with Crippen molar-refractivity contribution in [3.8, 4) is 11.1 Å². The molecule has 0 spiro atoms. The van der Waals surface area contributed by atoms with Gasteiger partial charge in [0.05, 0.1) is 11.6 Å². The highest BCUT2D eigenvalue weighted by Gasteiger charge is 2.16. The normalized spacial score (nSPS) is 12.7. The maximum absolute atomic E-state index is 13.2. The number of benzene rings is 1. The van der Waals surface area contributed by atoms with Crippen molar-refractivity contribution in [1.82, 2.24) is 14.3 Å². The highest BCUT2D eigenvalue weighted by molar-refractivity contribution is 5.96. The molecule has 0 aliphatic rings. The van der Waals surface area contributed by atoms with Gasteiger partial charge in [-0.3, -0.25) is 9.48 Å². The third-order valence-corrected chi connectivity index (χ3v) is 4.57. The van der Waals surface area contributed by atoms with Crippen molar-refractivity contribution < 1.29 is 0 Å². The number of aryl methyl sites for hydroxylation is 2. The Morgan fingerprint density at radius 1 is 1.26 bits per heavy atom. The molecule has 3 aromatic rings. The predicted molar refractivity (Wildman–Crippen MR) is 94.8 cm³/mol. The van der Waals surface area contributed by atoms with Crippen LogP contribution >= 0.6 is 0 Å². The van der Waals surface area contributed by atoms with E-state index >= 15 is 0 Å². The molecule has 0 amide bonds. The zero-order valence-corrected chi connectivity index (χ0v) is 14.2. The molecule has 0 aliphatic carbocycles. The van der Waals surface area contributed by atoms with E-state index in [1.165, 1.54) is 0 Å². The fourth-order valence-corrected chi connectivity index (χ4v) is 3.17. The summed E-state index contributed by atoms with van der Waals surface area (Å²) in [5.41, 5.74) is 3.14. The van der Waals surface area contributed by atoms with Gasteiger partial charge in [-0.2, -0.15) is 5.10 Å². The van der Waals surface area contributed by atoms with Gasteiger partial charge >= 0.3 is 0 Å². The van der Waals surface area contributed by atoms with Crippen LogP contribution in [0.4, 0.5) is 0 Å². The zero-order valence-electron chi connectivity index (χ0n) is 14.2. The second-order valence-electron chi connectivity index (χ2n) is 6.09. The van der Waals surface area contributed by atoms with E-state index in [0.29, 0.717) is 0 Å². The van der Waals surface area contributed by atoms with Gasteiger partial charge < -0.3 is 4.57 Å². The average molecular weight is 309 g/mol. The van der Waals surface area contributed by atoms with Crippen LogP contribution in [0.5, 0.6) is 0 Å². The van der Waals surface area contributed by atoms with E-state index in [4.69, 9.17) is 0 Å². The summed E-state index contributed by atoms with van der Waals surface area (Å²) in [4.78, 5) is 13.2. The van der Waals surface area contributed by atoms with Crippen LogP contribution in [0.2, 0.25) is 0 Å². The van der Waals surface area contributed by atoms with Crippen molar-refractivity contribution in [1.29, 1.82) is 0 Å². The van der Waals surface area contributed by atoms with Gasteiger partial charge in [0.2, 0.25) is 0 Å². The van der Waals surface area contributed by atoms with Gasteiger partial charge in [-0.1, -0.05) is 32.0 Å². The number of nitrogens with zero attached hydrogens (tertiary/aromatic N) is 3. The first kappa shape index (κ1) is 15.5. The lowest BCUT2D eigenvalue weighted by molar-refractivity contribution is 0.499. The summed E-state index contributed by atoms with van der Waals surface area (Å²) in [6.45, 7) is 6.33. The minimum Gasteiger partial charge on any atom is -0.309 e. The van der Waals surface area contributed by atoms with Gasteiger partial charge in [-0.05, 0) is 36.8 Å². The first-order chi connectivity index (χ1) is 11.1. The fraction of sp³-hybridized carbons (Fsp3) is 0.368. The lowest BCUT2D eigenvalue weighted by Gasteiger charge is -2.19. The third-order valence-electron chi connectivity index (χ3n) is 4.57. The first-order valence-electron chi connectivity index (χ1n) is 8.23. The lowest BCUT2D eigenvalue weighted by Crippen LogP contribution is -2.26. The predicted octanol–water partition coefficient (Wildman–Crippen LogP) is 3.94. The standard InChI is InChI=1S/C19H23N3O/c1-5-13(3)22-16(6-2)10-14-8-7-9-17(18(14)19(22)23)15-11-20-21(4)12-15/h7-13H,5-6H2,1-4H3. The molecule has 0 radical (unpaired) electrons. The fourth-order valence-electron chi connectivity index (χ4n) is 3.17. The molecule has 23 heavy (non-hydrogen) atoms. The molecule has 0 bridgehead atoms. The zero-order chi connectivity index (χ0) is 16.6. The molecule has 0 saturated carbocycles. The van der Waals surface area contributed by atoms with Crippen LogP contribution in [0, 0.1) is 0 Å². The minimum absolute atomic E-state index is 0.105. The van der Waals surface area contributed by atoms with E-state index in [9.17, 15) is 4.79 Å². The van der Waals surface area contributed by atoms with Crippen molar-refractivity contribution in [2.45, 2.75) is 39.7 Å². The summed E-state index contributed by atoms with van der Waals surface area (Å²) in [6.07, 6.45) is 5.56. The second kappa shape index (κ2) is 6.03. The van der Waals surface area contributed by atoms with E-state index in [2.05, 4.69) is 31.9 Å². The minimum atomic E-state index is 0.105. The highest BCUT2D eigenvalue weighted by Crippen LogP contribution is 2.27. The molecule has 1 unspecified atom stereocenters. The molecule has 0 N–H and O–H groups in total. The summed E-state index contributed by atoms with van der Waals surface area (Å²) >= 11 is 0. The van der Waals surface area contributed by atoms with Crippen molar-refractivity contribution in [3.05, 3.63) is 52.7 Å². The quantitative estimate of drug-likeness (QED) is 0.732. The van der Waals surface area contributed by atoms with E-state index in [0.717, 1.165) is 40.4 Å². The maximum Gasteiger partial charge on any atom is 0.259 e.